The topological polar surface area (TPSA) is 139 Å². The highest BCUT2D eigenvalue weighted by atomic mass is 32.1. The van der Waals surface area contributed by atoms with Crippen molar-refractivity contribution >= 4 is 49.0 Å². The van der Waals surface area contributed by atoms with Gasteiger partial charge >= 0.3 is 18.4 Å². The zero-order chi connectivity index (χ0) is 41.3. The molecular weight excluding hydrogens is 804 g/mol. The third-order valence-corrected chi connectivity index (χ3v) is 11.9. The molecule has 2 aromatic carbocycles. The number of benzene rings is 2. The number of nitrogens with zero attached hydrogens (tertiary/aromatic N) is 6. The van der Waals surface area contributed by atoms with Crippen molar-refractivity contribution < 1.29 is 49.0 Å². The van der Waals surface area contributed by atoms with Crippen molar-refractivity contribution in [3.8, 4) is 29.0 Å². The Kier molecular flexibility index (Phi) is 9.74. The van der Waals surface area contributed by atoms with Crippen LogP contribution in [0, 0.1) is 23.0 Å². The van der Waals surface area contributed by atoms with Gasteiger partial charge in [0.15, 0.2) is 5.82 Å². The van der Waals surface area contributed by atoms with Crippen LogP contribution in [0.5, 0.6) is 11.8 Å². The standard InChI is InChI=1S/C38H31F9N8O2S/c39-18-14-36(8-3-11-54(36)16-18)17-57-35-52-29-26-30(27(38(45,46)47)25(28(29)41)20-6-7-22(40)31-24(20)21(15-48)33(50)58-31)56-13-12-55(34(26)53-35)23(5-1-9-37(42,43)44)19-4-2-10-51-32(19)49/h1-2,4,6-7,9-10,18,23H,3,5,8,11-14,16-17,50H2,(H2,49,51)/b9-1+/t18-,23-,36+/m1/s1. The number of nitrogens with two attached hydrogens (primary N) is 2. The number of halogens is 9. The molecular formula is C38H31F9N8O2S. The highest BCUT2D eigenvalue weighted by molar-refractivity contribution is 7.23. The molecule has 2 saturated heterocycles. The second-order valence-electron chi connectivity index (χ2n) is 14.3. The molecule has 58 heavy (non-hydrogen) atoms. The fourth-order valence-electron chi connectivity index (χ4n) is 8.48. The molecule has 3 atom stereocenters. The highest BCUT2D eigenvalue weighted by Crippen LogP contribution is 2.54. The van der Waals surface area contributed by atoms with Crippen LogP contribution in [0.1, 0.15) is 48.4 Å². The molecule has 6 heterocycles. The summed E-state index contributed by atoms with van der Waals surface area (Å²) < 4.78 is 146. The Hall–Kier alpha value is -5.55. The van der Waals surface area contributed by atoms with Gasteiger partial charge < -0.3 is 25.8 Å². The van der Waals surface area contributed by atoms with Crippen molar-refractivity contribution in [2.45, 2.75) is 55.8 Å². The zero-order valence-electron chi connectivity index (χ0n) is 30.0. The fraction of sp³-hybridized carbons (Fsp3) is 0.368. The largest absolute Gasteiger partial charge is 0.490 e. The van der Waals surface area contributed by atoms with Crippen LogP contribution >= 0.6 is 11.3 Å². The van der Waals surface area contributed by atoms with Crippen LogP contribution in [0.3, 0.4) is 0 Å². The van der Waals surface area contributed by atoms with E-state index in [1.165, 1.54) is 23.2 Å². The normalized spacial score (nSPS) is 20.4. The summed E-state index contributed by atoms with van der Waals surface area (Å²) in [6, 6.07) is 4.71. The van der Waals surface area contributed by atoms with Gasteiger partial charge in [-0.1, -0.05) is 18.2 Å². The first-order valence-electron chi connectivity index (χ1n) is 17.9. The lowest BCUT2D eigenvalue weighted by molar-refractivity contribution is -0.138. The number of pyridine rings is 1. The number of allylic oxidation sites excluding steroid dienone is 1. The number of ether oxygens (including phenoxy) is 2. The maximum Gasteiger partial charge on any atom is 0.420 e. The number of nitrogen functional groups attached to an aromatic ring is 2. The molecule has 0 saturated carbocycles. The summed E-state index contributed by atoms with van der Waals surface area (Å²) in [6.45, 7) is -0.302. The molecule has 0 unspecified atom stereocenters. The molecule has 0 spiro atoms. The number of nitriles is 1. The maximum atomic E-state index is 17.6. The van der Waals surface area contributed by atoms with Crippen LogP contribution in [0.15, 0.2) is 42.6 Å². The Morgan fingerprint density at radius 3 is 2.62 bits per heavy atom. The average Bonchev–Trinajstić information content (AvgIpc) is 3.76. The second kappa shape index (κ2) is 14.4. The molecule has 20 heteroatoms. The van der Waals surface area contributed by atoms with Crippen LogP contribution < -0.4 is 25.8 Å². The minimum Gasteiger partial charge on any atom is -0.490 e. The Labute approximate surface area is 327 Å². The van der Waals surface area contributed by atoms with Gasteiger partial charge in [0, 0.05) is 41.8 Å². The SMILES string of the molecule is N#Cc1c(N)sc2c(F)ccc(-c3c(C(F)(F)F)c4c5c(nc(OC[C@@]67CCCN6C[C@H](F)C7)nc5c3F)N([C@H](C/C=C/C(F)(F)F)c3cccnc3N)CCO4)c12. The molecule has 8 rings (SSSR count). The predicted octanol–water partition coefficient (Wildman–Crippen LogP) is 8.64. The average molecular weight is 835 g/mol. The van der Waals surface area contributed by atoms with Gasteiger partial charge in [-0.2, -0.15) is 41.6 Å². The molecule has 0 aliphatic carbocycles. The molecule has 10 nitrogen and oxygen atoms in total. The van der Waals surface area contributed by atoms with E-state index in [2.05, 4.69) is 15.0 Å². The molecule has 5 aromatic rings. The number of thiophene rings is 1. The summed E-state index contributed by atoms with van der Waals surface area (Å²) in [7, 11) is 0. The van der Waals surface area contributed by atoms with Crippen molar-refractivity contribution in [2.75, 3.05) is 49.2 Å². The van der Waals surface area contributed by atoms with E-state index in [9.17, 15) is 22.8 Å². The molecule has 3 aliphatic heterocycles. The summed E-state index contributed by atoms with van der Waals surface area (Å²) in [5, 5.41) is 8.77. The molecule has 0 amide bonds. The van der Waals surface area contributed by atoms with Crippen LogP contribution in [-0.2, 0) is 6.18 Å². The van der Waals surface area contributed by atoms with Crippen molar-refractivity contribution in [2.24, 2.45) is 0 Å². The molecule has 2 fully saturated rings. The Bertz CT molecular complexity index is 2520. The van der Waals surface area contributed by atoms with E-state index in [1.807, 2.05) is 4.90 Å². The Morgan fingerprint density at radius 1 is 1.10 bits per heavy atom. The van der Waals surface area contributed by atoms with E-state index in [1.54, 1.807) is 6.07 Å². The lowest BCUT2D eigenvalue weighted by Crippen LogP contribution is -2.43. The minimum atomic E-state index is -5.38. The van der Waals surface area contributed by atoms with Gasteiger partial charge in [0.1, 0.15) is 64.7 Å². The molecule has 4 N–H and O–H groups in total. The minimum absolute atomic E-state index is 0.00480. The summed E-state index contributed by atoms with van der Waals surface area (Å²) in [5.74, 6) is -3.92. The quantitative estimate of drug-likeness (QED) is 0.115. The van der Waals surface area contributed by atoms with Crippen LogP contribution in [0.2, 0.25) is 0 Å². The lowest BCUT2D eigenvalue weighted by Gasteiger charge is -2.33. The first-order chi connectivity index (χ1) is 27.5. The molecule has 3 aromatic heterocycles. The number of aromatic nitrogens is 3. The van der Waals surface area contributed by atoms with E-state index < -0.39 is 99.9 Å². The van der Waals surface area contributed by atoms with Gasteiger partial charge in [0.25, 0.3) is 0 Å². The lowest BCUT2D eigenvalue weighted by atomic mass is 9.91. The van der Waals surface area contributed by atoms with Gasteiger partial charge in [-0.3, -0.25) is 4.90 Å². The van der Waals surface area contributed by atoms with Gasteiger partial charge in [0.2, 0.25) is 0 Å². The second-order valence-corrected chi connectivity index (χ2v) is 15.3. The van der Waals surface area contributed by atoms with E-state index in [4.69, 9.17) is 20.9 Å². The van der Waals surface area contributed by atoms with Crippen molar-refractivity contribution in [3.05, 3.63) is 70.9 Å². The van der Waals surface area contributed by atoms with Crippen molar-refractivity contribution in [3.63, 3.8) is 0 Å². The predicted molar refractivity (Wildman–Crippen MR) is 197 cm³/mol. The van der Waals surface area contributed by atoms with Gasteiger partial charge in [-0.25, -0.2) is 18.2 Å². The van der Waals surface area contributed by atoms with Crippen LogP contribution in [0.25, 0.3) is 32.1 Å². The van der Waals surface area contributed by atoms with E-state index in [0.717, 1.165) is 24.6 Å². The number of hydrogen-bond acceptors (Lipinski definition) is 11. The first kappa shape index (κ1) is 39.3. The van der Waals surface area contributed by atoms with Gasteiger partial charge in [-0.05, 0) is 43.5 Å². The number of anilines is 3. The maximum absolute atomic E-state index is 17.6. The highest BCUT2D eigenvalue weighted by Gasteiger charge is 2.50. The zero-order valence-corrected chi connectivity index (χ0v) is 30.8. The summed E-state index contributed by atoms with van der Waals surface area (Å²) in [5.41, 5.74) is 7.18. The summed E-state index contributed by atoms with van der Waals surface area (Å²) in [6.07, 6.45) is -8.15. The number of alkyl halides is 7. The third-order valence-electron chi connectivity index (χ3n) is 10.8. The number of fused-ring (bicyclic) bond motifs is 2. The van der Waals surface area contributed by atoms with E-state index in [0.29, 0.717) is 24.3 Å². The van der Waals surface area contributed by atoms with Gasteiger partial charge in [-0.15, -0.1) is 11.3 Å². The van der Waals surface area contributed by atoms with Crippen LogP contribution in [0.4, 0.5) is 56.2 Å². The summed E-state index contributed by atoms with van der Waals surface area (Å²) in [4.78, 5) is 16.1. The Balaban J connectivity index is 1.42. The van der Waals surface area contributed by atoms with Crippen LogP contribution in [-0.4, -0.2) is 70.6 Å². The van der Waals surface area contributed by atoms with Gasteiger partial charge in [0.05, 0.1) is 33.8 Å². The fourth-order valence-corrected chi connectivity index (χ4v) is 9.43. The monoisotopic (exact) mass is 834 g/mol. The summed E-state index contributed by atoms with van der Waals surface area (Å²) >= 11 is 0.598. The molecule has 0 radical (unpaired) electrons. The third kappa shape index (κ3) is 6.72. The van der Waals surface area contributed by atoms with E-state index >= 15 is 22.0 Å². The number of rotatable bonds is 8. The van der Waals surface area contributed by atoms with Crippen molar-refractivity contribution in [1.82, 2.24) is 19.9 Å². The molecule has 304 valence electrons. The molecule has 3 aliphatic rings. The Morgan fingerprint density at radius 2 is 1.90 bits per heavy atom. The first-order valence-corrected chi connectivity index (χ1v) is 18.7. The number of hydrogen-bond donors (Lipinski definition) is 2. The van der Waals surface area contributed by atoms with Crippen molar-refractivity contribution in [1.29, 1.82) is 5.26 Å². The molecule has 0 bridgehead atoms. The smallest absolute Gasteiger partial charge is 0.420 e. The van der Waals surface area contributed by atoms with E-state index in [-0.39, 0.29) is 64.2 Å².